The fourth-order valence-corrected chi connectivity index (χ4v) is 2.78. The van der Waals surface area contributed by atoms with Crippen molar-refractivity contribution in [1.82, 2.24) is 10.2 Å². The Kier molecular flexibility index (Phi) is 7.39. The van der Waals surface area contributed by atoms with Gasteiger partial charge >= 0.3 is 5.97 Å². The predicted molar refractivity (Wildman–Crippen MR) is 78.1 cm³/mol. The normalized spacial score (nSPS) is 18.2. The van der Waals surface area contributed by atoms with E-state index in [-0.39, 0.29) is 12.0 Å². The smallest absolute Gasteiger partial charge is 0.324 e. The number of rotatable bonds is 8. The zero-order valence-electron chi connectivity index (χ0n) is 12.9. The molecular weight excluding hydrogens is 240 g/mol. The molecule has 1 unspecified atom stereocenters. The van der Waals surface area contributed by atoms with E-state index in [9.17, 15) is 4.79 Å². The van der Waals surface area contributed by atoms with Crippen LogP contribution in [0.1, 0.15) is 46.0 Å². The summed E-state index contributed by atoms with van der Waals surface area (Å²) in [5.41, 5.74) is 0. The molecule has 0 radical (unpaired) electrons. The van der Waals surface area contributed by atoms with Gasteiger partial charge in [0.05, 0.1) is 7.11 Å². The SMILES string of the molecule is CNC(CN(CCC(C)C)C1CCCC1)C(=O)OC. The molecule has 1 N–H and O–H groups in total. The molecule has 0 aromatic carbocycles. The molecule has 0 aliphatic heterocycles. The average molecular weight is 270 g/mol. The topological polar surface area (TPSA) is 41.6 Å². The molecule has 0 saturated heterocycles. The van der Waals surface area contributed by atoms with E-state index in [2.05, 4.69) is 24.1 Å². The Bertz CT molecular complexity index is 263. The minimum absolute atomic E-state index is 0.157. The van der Waals surface area contributed by atoms with E-state index in [0.29, 0.717) is 12.0 Å². The van der Waals surface area contributed by atoms with Crippen LogP contribution >= 0.6 is 0 Å². The number of methoxy groups -OCH3 is 1. The van der Waals surface area contributed by atoms with E-state index >= 15 is 0 Å². The maximum Gasteiger partial charge on any atom is 0.324 e. The number of esters is 1. The highest BCUT2D eigenvalue weighted by Crippen LogP contribution is 2.24. The third-order valence-electron chi connectivity index (χ3n) is 4.09. The van der Waals surface area contributed by atoms with Gasteiger partial charge in [-0.25, -0.2) is 0 Å². The summed E-state index contributed by atoms with van der Waals surface area (Å²) in [7, 11) is 3.29. The van der Waals surface area contributed by atoms with Gasteiger partial charge < -0.3 is 10.1 Å². The third-order valence-corrected chi connectivity index (χ3v) is 4.09. The first-order valence-corrected chi connectivity index (χ1v) is 7.57. The highest BCUT2D eigenvalue weighted by Gasteiger charge is 2.27. The van der Waals surface area contributed by atoms with E-state index in [0.717, 1.165) is 13.1 Å². The van der Waals surface area contributed by atoms with Gasteiger partial charge in [0.15, 0.2) is 0 Å². The van der Waals surface area contributed by atoms with Crippen LogP contribution in [0.4, 0.5) is 0 Å². The Balaban J connectivity index is 2.58. The molecule has 4 heteroatoms. The zero-order valence-corrected chi connectivity index (χ0v) is 12.9. The van der Waals surface area contributed by atoms with Gasteiger partial charge in [-0.3, -0.25) is 9.69 Å². The van der Waals surface area contributed by atoms with Crippen molar-refractivity contribution in [3.63, 3.8) is 0 Å². The molecule has 1 fully saturated rings. The monoisotopic (exact) mass is 270 g/mol. The van der Waals surface area contributed by atoms with E-state index in [1.54, 1.807) is 0 Å². The van der Waals surface area contributed by atoms with E-state index in [1.807, 2.05) is 7.05 Å². The van der Waals surface area contributed by atoms with Crippen molar-refractivity contribution in [3.05, 3.63) is 0 Å². The number of nitrogens with one attached hydrogen (secondary N) is 1. The first-order chi connectivity index (χ1) is 9.08. The molecule has 0 aromatic heterocycles. The highest BCUT2D eigenvalue weighted by atomic mass is 16.5. The minimum atomic E-state index is -0.210. The van der Waals surface area contributed by atoms with Gasteiger partial charge in [-0.05, 0) is 38.8 Å². The number of likely N-dealkylation sites (N-methyl/N-ethyl adjacent to an activating group) is 1. The molecule has 1 atom stereocenters. The summed E-state index contributed by atoms with van der Waals surface area (Å²) in [6.45, 7) is 6.35. The van der Waals surface area contributed by atoms with Crippen molar-refractivity contribution in [2.45, 2.75) is 58.0 Å². The van der Waals surface area contributed by atoms with Crippen molar-refractivity contribution < 1.29 is 9.53 Å². The molecule has 0 bridgehead atoms. The van der Waals surface area contributed by atoms with Crippen LogP contribution in [-0.4, -0.2) is 50.2 Å². The summed E-state index contributed by atoms with van der Waals surface area (Å²) >= 11 is 0. The molecule has 1 aliphatic rings. The first-order valence-electron chi connectivity index (χ1n) is 7.57. The van der Waals surface area contributed by atoms with Crippen LogP contribution in [0.15, 0.2) is 0 Å². The summed E-state index contributed by atoms with van der Waals surface area (Å²) in [5, 5.41) is 3.08. The number of carbonyl (C=O) groups is 1. The predicted octanol–water partition coefficient (Wildman–Crippen LogP) is 2.04. The number of nitrogens with zero attached hydrogens (tertiary/aromatic N) is 1. The van der Waals surface area contributed by atoms with Crippen LogP contribution in [0, 0.1) is 5.92 Å². The van der Waals surface area contributed by atoms with Crippen molar-refractivity contribution in [2.75, 3.05) is 27.2 Å². The van der Waals surface area contributed by atoms with Crippen LogP contribution in [0.2, 0.25) is 0 Å². The summed E-state index contributed by atoms with van der Waals surface area (Å²) in [6.07, 6.45) is 6.39. The molecule has 112 valence electrons. The Morgan fingerprint density at radius 2 is 2.00 bits per heavy atom. The van der Waals surface area contributed by atoms with Crippen molar-refractivity contribution in [2.24, 2.45) is 5.92 Å². The second-order valence-electron chi connectivity index (χ2n) is 5.98. The lowest BCUT2D eigenvalue weighted by atomic mass is 10.1. The van der Waals surface area contributed by atoms with Gasteiger partial charge in [0.2, 0.25) is 0 Å². The molecule has 0 amide bonds. The molecule has 0 heterocycles. The van der Waals surface area contributed by atoms with Crippen LogP contribution in [0.25, 0.3) is 0 Å². The lowest BCUT2D eigenvalue weighted by molar-refractivity contribution is -0.143. The average Bonchev–Trinajstić information content (AvgIpc) is 2.92. The van der Waals surface area contributed by atoms with Gasteiger partial charge in [-0.15, -0.1) is 0 Å². The fourth-order valence-electron chi connectivity index (χ4n) is 2.78. The van der Waals surface area contributed by atoms with Crippen LogP contribution in [0.3, 0.4) is 0 Å². The van der Waals surface area contributed by atoms with E-state index in [4.69, 9.17) is 4.74 Å². The van der Waals surface area contributed by atoms with Crippen LogP contribution in [-0.2, 0) is 9.53 Å². The van der Waals surface area contributed by atoms with E-state index in [1.165, 1.54) is 39.2 Å². The summed E-state index contributed by atoms with van der Waals surface area (Å²) < 4.78 is 4.86. The van der Waals surface area contributed by atoms with Crippen molar-refractivity contribution >= 4 is 5.97 Å². The Morgan fingerprint density at radius 3 is 2.47 bits per heavy atom. The molecule has 4 nitrogen and oxygen atoms in total. The molecular formula is C15H30N2O2. The maximum absolute atomic E-state index is 11.7. The quantitative estimate of drug-likeness (QED) is 0.685. The number of ether oxygens (including phenoxy) is 1. The zero-order chi connectivity index (χ0) is 14.3. The van der Waals surface area contributed by atoms with Gasteiger partial charge in [0, 0.05) is 12.6 Å². The van der Waals surface area contributed by atoms with Crippen LogP contribution in [0.5, 0.6) is 0 Å². The minimum Gasteiger partial charge on any atom is -0.468 e. The Morgan fingerprint density at radius 1 is 1.37 bits per heavy atom. The fraction of sp³-hybridized carbons (Fsp3) is 0.933. The lowest BCUT2D eigenvalue weighted by Gasteiger charge is -2.32. The van der Waals surface area contributed by atoms with Gasteiger partial charge in [-0.1, -0.05) is 26.7 Å². The second kappa shape index (κ2) is 8.54. The van der Waals surface area contributed by atoms with E-state index < -0.39 is 0 Å². The number of hydrogen-bond donors (Lipinski definition) is 1. The highest BCUT2D eigenvalue weighted by molar-refractivity contribution is 5.75. The third kappa shape index (κ3) is 5.49. The largest absolute Gasteiger partial charge is 0.468 e. The Hall–Kier alpha value is -0.610. The van der Waals surface area contributed by atoms with Gasteiger partial charge in [0.25, 0.3) is 0 Å². The molecule has 0 spiro atoms. The van der Waals surface area contributed by atoms with Crippen LogP contribution < -0.4 is 5.32 Å². The van der Waals surface area contributed by atoms with Gasteiger partial charge in [-0.2, -0.15) is 0 Å². The number of hydrogen-bond acceptors (Lipinski definition) is 4. The molecule has 1 saturated carbocycles. The lowest BCUT2D eigenvalue weighted by Crippen LogP contribution is -2.48. The standard InChI is InChI=1S/C15H30N2O2/c1-12(2)9-10-17(13-7-5-6-8-13)11-14(16-3)15(18)19-4/h12-14,16H,5-11H2,1-4H3. The van der Waals surface area contributed by atoms with Crippen molar-refractivity contribution in [1.29, 1.82) is 0 Å². The molecule has 19 heavy (non-hydrogen) atoms. The first kappa shape index (κ1) is 16.4. The molecule has 1 aliphatic carbocycles. The summed E-state index contributed by atoms with van der Waals surface area (Å²) in [4.78, 5) is 14.2. The Labute approximate surface area is 117 Å². The molecule has 0 aromatic rings. The second-order valence-corrected chi connectivity index (χ2v) is 5.98. The maximum atomic E-state index is 11.7. The molecule has 1 rings (SSSR count). The summed E-state index contributed by atoms with van der Waals surface area (Å²) in [6, 6.07) is 0.442. The number of carbonyl (C=O) groups excluding carboxylic acids is 1. The summed E-state index contributed by atoms with van der Waals surface area (Å²) in [5.74, 6) is 0.546. The van der Waals surface area contributed by atoms with Crippen molar-refractivity contribution in [3.8, 4) is 0 Å². The van der Waals surface area contributed by atoms with Gasteiger partial charge in [0.1, 0.15) is 6.04 Å².